The number of ether oxygens (including phenoxy) is 2. The van der Waals surface area contributed by atoms with Gasteiger partial charge in [0.05, 0.1) is 13.2 Å². The molecule has 0 saturated heterocycles. The van der Waals surface area contributed by atoms with Gasteiger partial charge in [-0.15, -0.1) is 0 Å². The second-order valence-corrected chi connectivity index (χ2v) is 11.0. The first-order valence-electron chi connectivity index (χ1n) is 15.4. The van der Waals surface area contributed by atoms with Gasteiger partial charge in [-0.1, -0.05) is 99.6 Å². The summed E-state index contributed by atoms with van der Waals surface area (Å²) in [6.07, 6.45) is 33.3. The molecule has 0 bridgehead atoms. The largest absolute Gasteiger partial charge is 0.472 e. The average Bonchev–Trinajstić information content (AvgIpc) is 2.98. The number of hydrogen-bond acceptors (Lipinski definition) is 8. The summed E-state index contributed by atoms with van der Waals surface area (Å²) in [5.74, 6) is -0.968. The zero-order chi connectivity index (χ0) is 31.9. The summed E-state index contributed by atoms with van der Waals surface area (Å²) in [5.41, 5.74) is 5.27. The normalized spacial score (nSPS) is 14.6. The van der Waals surface area contributed by atoms with Crippen molar-refractivity contribution in [2.24, 2.45) is 5.73 Å². The molecule has 0 aliphatic carbocycles. The van der Waals surface area contributed by atoms with E-state index in [2.05, 4.69) is 72.2 Å². The lowest BCUT2D eigenvalue weighted by molar-refractivity contribution is -0.161. The molecule has 0 aliphatic rings. The van der Waals surface area contributed by atoms with Crippen LogP contribution in [0.2, 0.25) is 0 Å². The van der Waals surface area contributed by atoms with Crippen molar-refractivity contribution in [2.45, 2.75) is 97.0 Å². The molecule has 244 valence electrons. The molecular weight excluding hydrogens is 569 g/mol. The SMILES string of the molecule is CC/C=C\C/C=C\C/C=C\C/C=C\C/C=C\C/C=C\CCC(=O)OC(COC(=O)CCCCC)COP(=O)(O)OCCN. The third kappa shape index (κ3) is 29.3. The fourth-order valence-electron chi connectivity index (χ4n) is 3.36. The highest BCUT2D eigenvalue weighted by Gasteiger charge is 2.25. The van der Waals surface area contributed by atoms with E-state index in [0.717, 1.165) is 51.4 Å². The maximum absolute atomic E-state index is 12.3. The van der Waals surface area contributed by atoms with Crippen LogP contribution in [0.3, 0.4) is 0 Å². The first kappa shape index (κ1) is 40.5. The van der Waals surface area contributed by atoms with Crippen LogP contribution in [0.15, 0.2) is 72.9 Å². The molecule has 0 aliphatic heterocycles. The van der Waals surface area contributed by atoms with E-state index in [1.165, 1.54) is 0 Å². The maximum atomic E-state index is 12.3. The topological polar surface area (TPSA) is 134 Å². The number of phosphoric ester groups is 1. The lowest BCUT2D eigenvalue weighted by Gasteiger charge is -2.19. The van der Waals surface area contributed by atoms with Gasteiger partial charge < -0.3 is 20.1 Å². The number of unbranched alkanes of at least 4 members (excludes halogenated alkanes) is 2. The molecule has 2 unspecified atom stereocenters. The molecule has 0 radical (unpaired) electrons. The van der Waals surface area contributed by atoms with E-state index < -0.39 is 32.5 Å². The van der Waals surface area contributed by atoms with Crippen molar-refractivity contribution >= 4 is 19.8 Å². The Labute approximate surface area is 259 Å². The Morgan fingerprint density at radius 2 is 1.26 bits per heavy atom. The van der Waals surface area contributed by atoms with Crippen molar-refractivity contribution in [2.75, 3.05) is 26.4 Å². The molecule has 0 fully saturated rings. The van der Waals surface area contributed by atoms with Crippen LogP contribution in [0, 0.1) is 0 Å². The van der Waals surface area contributed by atoms with Gasteiger partial charge in [-0.05, 0) is 51.4 Å². The smallest absolute Gasteiger partial charge is 0.462 e. The molecule has 9 nitrogen and oxygen atoms in total. The fraction of sp³-hybridized carbons (Fsp3) is 0.576. The first-order chi connectivity index (χ1) is 20.8. The summed E-state index contributed by atoms with van der Waals surface area (Å²) in [4.78, 5) is 34.0. The molecule has 0 saturated carbocycles. The Balaban J connectivity index is 4.32. The number of carbonyl (C=O) groups excluding carboxylic acids is 2. The van der Waals surface area contributed by atoms with Crippen molar-refractivity contribution in [3.8, 4) is 0 Å². The standard InChI is InChI=1S/C33H54NO8P/c1-3-5-7-8-9-10-11-12-13-14-15-16-17-18-19-20-21-22-24-26-33(36)42-31(29-39-32(35)25-23-6-4-2)30-41-43(37,38)40-28-27-34/h5,7,9-10,12-13,15-16,18-19,21-22,31H,3-4,6,8,11,14,17,20,23-30,34H2,1-2H3,(H,37,38)/b7-5-,10-9-,13-12-,16-15-,19-18-,22-21-. The number of carbonyl (C=O) groups is 2. The zero-order valence-corrected chi connectivity index (χ0v) is 27.0. The predicted octanol–water partition coefficient (Wildman–Crippen LogP) is 7.59. The second kappa shape index (κ2) is 29.5. The van der Waals surface area contributed by atoms with Gasteiger partial charge in [-0.2, -0.15) is 0 Å². The number of rotatable bonds is 27. The molecule has 0 aromatic rings. The Kier molecular flexibility index (Phi) is 27.8. The molecule has 43 heavy (non-hydrogen) atoms. The molecule has 0 heterocycles. The second-order valence-electron chi connectivity index (χ2n) is 9.59. The maximum Gasteiger partial charge on any atom is 0.472 e. The van der Waals surface area contributed by atoms with Crippen LogP contribution in [0.5, 0.6) is 0 Å². The fourth-order valence-corrected chi connectivity index (χ4v) is 4.13. The Morgan fingerprint density at radius 3 is 1.77 bits per heavy atom. The minimum atomic E-state index is -4.37. The summed E-state index contributed by atoms with van der Waals surface area (Å²) in [7, 11) is -4.37. The number of allylic oxidation sites excluding steroid dienone is 12. The van der Waals surface area contributed by atoms with Crippen molar-refractivity contribution in [3.63, 3.8) is 0 Å². The van der Waals surface area contributed by atoms with Crippen molar-refractivity contribution < 1.29 is 37.6 Å². The molecule has 0 amide bonds. The number of esters is 2. The van der Waals surface area contributed by atoms with Gasteiger partial charge in [0.1, 0.15) is 6.61 Å². The monoisotopic (exact) mass is 623 g/mol. The number of hydrogen-bond donors (Lipinski definition) is 2. The highest BCUT2D eigenvalue weighted by Crippen LogP contribution is 2.43. The summed E-state index contributed by atoms with van der Waals surface area (Å²) in [6.45, 7) is 3.28. The van der Waals surface area contributed by atoms with Crippen molar-refractivity contribution in [1.82, 2.24) is 0 Å². The quantitative estimate of drug-likeness (QED) is 0.0411. The molecule has 0 aromatic heterocycles. The van der Waals surface area contributed by atoms with E-state index in [-0.39, 0.29) is 32.6 Å². The van der Waals surface area contributed by atoms with Gasteiger partial charge in [0.25, 0.3) is 0 Å². The molecule has 2 atom stereocenters. The predicted molar refractivity (Wildman–Crippen MR) is 173 cm³/mol. The minimum absolute atomic E-state index is 0.0380. The lowest BCUT2D eigenvalue weighted by Crippen LogP contribution is -2.29. The van der Waals surface area contributed by atoms with Crippen LogP contribution in [-0.2, 0) is 32.7 Å². The molecule has 3 N–H and O–H groups in total. The van der Waals surface area contributed by atoms with Crippen molar-refractivity contribution in [3.05, 3.63) is 72.9 Å². The minimum Gasteiger partial charge on any atom is -0.462 e. The third-order valence-corrected chi connectivity index (χ3v) is 6.60. The molecule has 0 rings (SSSR count). The Bertz CT molecular complexity index is 939. The third-order valence-electron chi connectivity index (χ3n) is 5.62. The van der Waals surface area contributed by atoms with E-state index in [4.69, 9.17) is 19.7 Å². The van der Waals surface area contributed by atoms with Crippen LogP contribution in [0.1, 0.15) is 90.9 Å². The average molecular weight is 624 g/mol. The van der Waals surface area contributed by atoms with Crippen LogP contribution in [0.4, 0.5) is 0 Å². The van der Waals surface area contributed by atoms with Crippen LogP contribution >= 0.6 is 7.82 Å². The summed E-state index contributed by atoms with van der Waals surface area (Å²) < 4.78 is 32.0. The van der Waals surface area contributed by atoms with Gasteiger partial charge in [0.15, 0.2) is 6.10 Å². The van der Waals surface area contributed by atoms with Crippen LogP contribution < -0.4 is 5.73 Å². The van der Waals surface area contributed by atoms with Gasteiger partial charge in [0.2, 0.25) is 0 Å². The summed E-state index contributed by atoms with van der Waals surface area (Å²) in [6, 6.07) is 0. The van der Waals surface area contributed by atoms with E-state index >= 15 is 0 Å². The van der Waals surface area contributed by atoms with E-state index in [0.29, 0.717) is 12.8 Å². The highest BCUT2D eigenvalue weighted by atomic mass is 31.2. The van der Waals surface area contributed by atoms with E-state index in [1.807, 2.05) is 19.1 Å². The van der Waals surface area contributed by atoms with Gasteiger partial charge in [0, 0.05) is 19.4 Å². The highest BCUT2D eigenvalue weighted by molar-refractivity contribution is 7.47. The van der Waals surface area contributed by atoms with E-state index in [9.17, 15) is 19.0 Å². The number of phosphoric acid groups is 1. The van der Waals surface area contributed by atoms with Crippen LogP contribution in [-0.4, -0.2) is 49.3 Å². The first-order valence-corrected chi connectivity index (χ1v) is 16.9. The molecule has 0 spiro atoms. The molecule has 10 heteroatoms. The van der Waals surface area contributed by atoms with Gasteiger partial charge >= 0.3 is 19.8 Å². The summed E-state index contributed by atoms with van der Waals surface area (Å²) in [5, 5.41) is 0. The van der Waals surface area contributed by atoms with Gasteiger partial charge in [-0.25, -0.2) is 4.57 Å². The Morgan fingerprint density at radius 1 is 0.721 bits per heavy atom. The molecular formula is C33H54NO8P. The van der Waals surface area contributed by atoms with Crippen LogP contribution in [0.25, 0.3) is 0 Å². The molecule has 0 aromatic carbocycles. The van der Waals surface area contributed by atoms with Crippen molar-refractivity contribution in [1.29, 1.82) is 0 Å². The zero-order valence-electron chi connectivity index (χ0n) is 26.1. The van der Waals surface area contributed by atoms with E-state index in [1.54, 1.807) is 0 Å². The Hall–Kier alpha value is -2.55. The lowest BCUT2D eigenvalue weighted by atomic mass is 10.2. The number of nitrogens with two attached hydrogens (primary N) is 1. The van der Waals surface area contributed by atoms with Gasteiger partial charge in [-0.3, -0.25) is 18.6 Å². The summed E-state index contributed by atoms with van der Waals surface area (Å²) >= 11 is 0.